The molecule has 0 radical (unpaired) electrons. The predicted molar refractivity (Wildman–Crippen MR) is 38.9 cm³/mol. The van der Waals surface area contributed by atoms with Gasteiger partial charge < -0.3 is 5.11 Å². The Morgan fingerprint density at radius 2 is 1.47 bits per heavy atom. The van der Waals surface area contributed by atoms with Gasteiger partial charge in [0.15, 0.2) is 0 Å². The van der Waals surface area contributed by atoms with Crippen LogP contribution in [0, 0.1) is 0 Å². The number of hydrogen-bond donors (Lipinski definition) is 1. The van der Waals surface area contributed by atoms with Crippen molar-refractivity contribution in [2.45, 2.75) is 13.1 Å². The second kappa shape index (κ2) is 6.10. The van der Waals surface area contributed by atoms with E-state index in [1.807, 2.05) is 0 Å². The largest absolute Gasteiger partial charge is 0.478 e. The van der Waals surface area contributed by atoms with Crippen molar-refractivity contribution >= 4 is 5.97 Å². The quantitative estimate of drug-likeness (QED) is 0.560. The fraction of sp³-hybridized carbons (Fsp3) is 0.286. The Balaban J connectivity index is 0. The molecule has 1 N–H and O–H groups in total. The molecule has 15 heavy (non-hydrogen) atoms. The van der Waals surface area contributed by atoms with Crippen LogP contribution in [0.15, 0.2) is 24.1 Å². The Hall–Kier alpha value is -1.47. The maximum Gasteiger partial charge on any atom is 0.448 e. The Bertz CT molecular complexity index is 262. The summed E-state index contributed by atoms with van der Waals surface area (Å²) in [5, 5.41) is 7.89. The van der Waals surface area contributed by atoms with E-state index in [1.165, 1.54) is 6.92 Å². The number of hydrogen-bond acceptors (Lipinski definition) is 1. The summed E-state index contributed by atoms with van der Waals surface area (Å²) in [4.78, 5) is 9.60. The van der Waals surface area contributed by atoms with Gasteiger partial charge in [0.05, 0.1) is 0 Å². The van der Waals surface area contributed by atoms with Gasteiger partial charge in [-0.05, 0) is 6.92 Å². The van der Waals surface area contributed by atoms with Crippen LogP contribution in [0.5, 0.6) is 0 Å². The number of carboxylic acids is 1. The van der Waals surface area contributed by atoms with E-state index in [2.05, 4.69) is 6.58 Å². The molecule has 0 aliphatic heterocycles. The van der Waals surface area contributed by atoms with Crippen molar-refractivity contribution in [3.63, 3.8) is 0 Å². The summed E-state index contributed by atoms with van der Waals surface area (Å²) in [7, 11) is 0. The molecular formula is C7H6F6O2. The summed E-state index contributed by atoms with van der Waals surface area (Å²) in [6.07, 6.45) is -8.90. The molecule has 0 heterocycles. The third kappa shape index (κ3) is 8.85. The minimum atomic E-state index is -5.56. The maximum atomic E-state index is 11.0. The van der Waals surface area contributed by atoms with Crippen LogP contribution in [0.4, 0.5) is 26.3 Å². The van der Waals surface area contributed by atoms with Crippen LogP contribution in [0.2, 0.25) is 0 Å². The summed E-state index contributed by atoms with van der Waals surface area (Å²) >= 11 is 0. The van der Waals surface area contributed by atoms with Crippen LogP contribution in [0.3, 0.4) is 0 Å². The highest BCUT2D eigenvalue weighted by Gasteiger charge is 2.38. The van der Waals surface area contributed by atoms with Gasteiger partial charge in [0.1, 0.15) is 0 Å². The van der Waals surface area contributed by atoms with E-state index in [0.29, 0.717) is 0 Å². The normalized spacial score (nSPS) is 9.80. The number of carboxylic acid groups (broad SMARTS) is 1. The first kappa shape index (κ1) is 16.0. The molecule has 0 aliphatic carbocycles. The van der Waals surface area contributed by atoms with Gasteiger partial charge in [-0.3, -0.25) is 0 Å². The Morgan fingerprint density at radius 1 is 1.20 bits per heavy atom. The highest BCUT2D eigenvalue weighted by molar-refractivity contribution is 5.84. The maximum absolute atomic E-state index is 11.0. The summed E-state index contributed by atoms with van der Waals surface area (Å²) in [6.45, 7) is 4.60. The molecule has 0 aromatic carbocycles. The lowest BCUT2D eigenvalue weighted by Gasteiger charge is -1.98. The summed E-state index contributed by atoms with van der Waals surface area (Å²) in [5.41, 5.74) is 0.176. The summed E-state index contributed by atoms with van der Waals surface area (Å²) in [5.74, 6) is -4.27. The smallest absolute Gasteiger partial charge is 0.448 e. The number of alkyl halides is 3. The number of rotatable bonds is 1. The van der Waals surface area contributed by atoms with Gasteiger partial charge >= 0.3 is 18.2 Å². The molecule has 0 unspecified atom stereocenters. The van der Waals surface area contributed by atoms with Crippen molar-refractivity contribution in [2.24, 2.45) is 0 Å². The number of halogens is 6. The molecule has 0 aromatic heterocycles. The molecule has 0 rings (SSSR count). The van der Waals surface area contributed by atoms with E-state index < -0.39 is 24.1 Å². The van der Waals surface area contributed by atoms with E-state index in [9.17, 15) is 31.1 Å². The zero-order valence-corrected chi connectivity index (χ0v) is 7.33. The van der Waals surface area contributed by atoms with Crippen molar-refractivity contribution < 1.29 is 36.2 Å². The highest BCUT2D eigenvalue weighted by Crippen LogP contribution is 2.29. The first-order valence-corrected chi connectivity index (χ1v) is 3.17. The molecule has 8 heteroatoms. The summed E-state index contributed by atoms with van der Waals surface area (Å²) < 4.78 is 64.8. The average Bonchev–Trinajstić information content (AvgIpc) is 2.02. The van der Waals surface area contributed by atoms with Crippen molar-refractivity contribution in [1.82, 2.24) is 0 Å². The SMILES string of the molecule is C=C(C)C(=O)O.FC(F)=C(F)C(F)(F)F. The Labute approximate surface area is 80.5 Å². The van der Waals surface area contributed by atoms with Crippen molar-refractivity contribution in [3.8, 4) is 0 Å². The fourth-order valence-electron chi connectivity index (χ4n) is 0.107. The van der Waals surface area contributed by atoms with Crippen LogP contribution in [0.25, 0.3) is 0 Å². The van der Waals surface area contributed by atoms with Crippen molar-refractivity contribution in [3.05, 3.63) is 24.1 Å². The Kier molecular flexibility index (Phi) is 6.49. The minimum Gasteiger partial charge on any atom is -0.478 e. The van der Waals surface area contributed by atoms with Gasteiger partial charge in [-0.15, -0.1) is 0 Å². The standard InChI is InChI=1S/C4H6O2.C3F6/c1-3(2)4(5)6;4-1(2(5)6)3(7,8)9/h1H2,2H3,(H,5,6);. The molecule has 2 nitrogen and oxygen atoms in total. The van der Waals surface area contributed by atoms with E-state index in [0.717, 1.165) is 0 Å². The van der Waals surface area contributed by atoms with E-state index in [4.69, 9.17) is 5.11 Å². The molecule has 88 valence electrons. The lowest BCUT2D eigenvalue weighted by atomic mass is 10.4. The van der Waals surface area contributed by atoms with E-state index in [1.54, 1.807) is 0 Å². The van der Waals surface area contributed by atoms with Crippen LogP contribution >= 0.6 is 0 Å². The second-order valence-electron chi connectivity index (χ2n) is 2.16. The minimum absolute atomic E-state index is 0.176. The van der Waals surface area contributed by atoms with E-state index in [-0.39, 0.29) is 5.57 Å². The molecular weight excluding hydrogens is 230 g/mol. The van der Waals surface area contributed by atoms with Gasteiger partial charge in [-0.1, -0.05) is 6.58 Å². The third-order valence-electron chi connectivity index (χ3n) is 0.780. The molecule has 0 atom stereocenters. The van der Waals surface area contributed by atoms with Crippen molar-refractivity contribution in [2.75, 3.05) is 0 Å². The summed E-state index contributed by atoms with van der Waals surface area (Å²) in [6, 6.07) is 0. The zero-order chi connectivity index (χ0) is 12.8. The number of carbonyl (C=O) groups is 1. The molecule has 0 spiro atoms. The predicted octanol–water partition coefficient (Wildman–Crippen LogP) is 3.27. The third-order valence-corrected chi connectivity index (χ3v) is 0.780. The average molecular weight is 236 g/mol. The molecule has 0 saturated heterocycles. The molecule has 0 aromatic rings. The highest BCUT2D eigenvalue weighted by atomic mass is 19.4. The van der Waals surface area contributed by atoms with Gasteiger partial charge in [-0.25, -0.2) is 4.79 Å². The van der Waals surface area contributed by atoms with Crippen molar-refractivity contribution in [1.29, 1.82) is 0 Å². The second-order valence-corrected chi connectivity index (χ2v) is 2.16. The molecule has 0 fully saturated rings. The van der Waals surface area contributed by atoms with Crippen LogP contribution in [-0.4, -0.2) is 17.3 Å². The molecule has 0 bridgehead atoms. The molecule has 0 amide bonds. The zero-order valence-electron chi connectivity index (χ0n) is 7.33. The molecule has 0 saturated carbocycles. The van der Waals surface area contributed by atoms with Crippen LogP contribution in [-0.2, 0) is 4.79 Å². The fourth-order valence-corrected chi connectivity index (χ4v) is 0.107. The monoisotopic (exact) mass is 236 g/mol. The number of aliphatic carboxylic acids is 1. The topological polar surface area (TPSA) is 37.3 Å². The number of allylic oxidation sites excluding steroid dienone is 1. The van der Waals surface area contributed by atoms with Gasteiger partial charge in [-0.2, -0.15) is 26.3 Å². The lowest BCUT2D eigenvalue weighted by molar-refractivity contribution is -0.132. The first-order chi connectivity index (χ1) is 6.50. The van der Waals surface area contributed by atoms with Gasteiger partial charge in [0, 0.05) is 5.57 Å². The van der Waals surface area contributed by atoms with Gasteiger partial charge in [0.25, 0.3) is 5.83 Å². The van der Waals surface area contributed by atoms with E-state index >= 15 is 0 Å². The van der Waals surface area contributed by atoms with Crippen LogP contribution < -0.4 is 0 Å². The lowest BCUT2D eigenvalue weighted by Crippen LogP contribution is -2.08. The van der Waals surface area contributed by atoms with Gasteiger partial charge in [0.2, 0.25) is 0 Å². The Morgan fingerprint density at radius 3 is 1.47 bits per heavy atom. The molecule has 0 aliphatic rings. The van der Waals surface area contributed by atoms with Crippen LogP contribution in [0.1, 0.15) is 6.92 Å². The first-order valence-electron chi connectivity index (χ1n) is 3.17.